The molecule has 5 heteroatoms. The summed E-state index contributed by atoms with van der Waals surface area (Å²) in [5, 5.41) is 21.4. The maximum Gasteiger partial charge on any atom is 0.307 e. The van der Waals surface area contributed by atoms with Gasteiger partial charge in [-0.25, -0.2) is 0 Å². The second-order valence-electron chi connectivity index (χ2n) is 5.38. The van der Waals surface area contributed by atoms with E-state index in [2.05, 4.69) is 5.32 Å². The van der Waals surface area contributed by atoms with Crippen LogP contribution in [0.15, 0.2) is 12.2 Å². The average molecular weight is 255 g/mol. The average Bonchev–Trinajstić information content (AvgIpc) is 2.28. The zero-order valence-corrected chi connectivity index (χ0v) is 11.0. The van der Waals surface area contributed by atoms with Gasteiger partial charge in [-0.15, -0.1) is 0 Å². The number of hydrogen-bond donors (Lipinski definition) is 3. The van der Waals surface area contributed by atoms with Gasteiger partial charge in [-0.3, -0.25) is 9.59 Å². The first-order valence-electron chi connectivity index (χ1n) is 6.13. The third-order valence-corrected chi connectivity index (χ3v) is 3.58. The number of amides is 1. The van der Waals surface area contributed by atoms with Crippen molar-refractivity contribution in [3.8, 4) is 0 Å². The summed E-state index contributed by atoms with van der Waals surface area (Å²) < 4.78 is 0. The molecular weight excluding hydrogens is 234 g/mol. The number of rotatable bonds is 4. The molecule has 5 nitrogen and oxygen atoms in total. The highest BCUT2D eigenvalue weighted by Crippen LogP contribution is 2.27. The van der Waals surface area contributed by atoms with E-state index in [0.717, 1.165) is 0 Å². The molecule has 0 aromatic rings. The number of hydrogen-bond acceptors (Lipinski definition) is 3. The number of carboxylic acids is 1. The van der Waals surface area contributed by atoms with Crippen LogP contribution in [0.3, 0.4) is 0 Å². The number of carbonyl (C=O) groups is 2. The van der Waals surface area contributed by atoms with Gasteiger partial charge in [-0.2, -0.15) is 0 Å². The van der Waals surface area contributed by atoms with Gasteiger partial charge in [0.1, 0.15) is 0 Å². The van der Waals surface area contributed by atoms with Crippen LogP contribution in [0.2, 0.25) is 0 Å². The Bertz CT molecular complexity index is 360. The van der Waals surface area contributed by atoms with Gasteiger partial charge in [-0.05, 0) is 33.6 Å². The lowest BCUT2D eigenvalue weighted by atomic mass is 9.81. The molecule has 1 amide bonds. The number of aliphatic hydroxyl groups excluding tert-OH is 1. The van der Waals surface area contributed by atoms with Crippen molar-refractivity contribution in [2.75, 3.05) is 0 Å². The summed E-state index contributed by atoms with van der Waals surface area (Å²) in [6.07, 6.45) is 3.73. The van der Waals surface area contributed by atoms with Crippen LogP contribution in [0.5, 0.6) is 0 Å². The van der Waals surface area contributed by atoms with Crippen molar-refractivity contribution in [2.45, 2.75) is 45.3 Å². The van der Waals surface area contributed by atoms with Crippen LogP contribution in [0.4, 0.5) is 0 Å². The minimum atomic E-state index is -0.950. The predicted octanol–water partition coefficient (Wildman–Crippen LogP) is 0.929. The molecular formula is C13H21NO4. The van der Waals surface area contributed by atoms with E-state index >= 15 is 0 Å². The number of allylic oxidation sites excluding steroid dienone is 2. The Kier molecular flexibility index (Phi) is 4.51. The summed E-state index contributed by atoms with van der Waals surface area (Å²) >= 11 is 0. The lowest BCUT2D eigenvalue weighted by Gasteiger charge is -2.33. The lowest BCUT2D eigenvalue weighted by molar-refractivity contribution is -0.148. The number of nitrogens with one attached hydrogen (secondary N) is 1. The van der Waals surface area contributed by atoms with Crippen molar-refractivity contribution in [3.63, 3.8) is 0 Å². The van der Waals surface area contributed by atoms with Gasteiger partial charge in [-0.1, -0.05) is 12.2 Å². The summed E-state index contributed by atoms with van der Waals surface area (Å²) in [4.78, 5) is 23.2. The minimum Gasteiger partial charge on any atom is -0.481 e. The highest BCUT2D eigenvalue weighted by molar-refractivity contribution is 5.85. The van der Waals surface area contributed by atoms with Crippen molar-refractivity contribution in [3.05, 3.63) is 12.2 Å². The molecule has 0 saturated carbocycles. The van der Waals surface area contributed by atoms with Gasteiger partial charge < -0.3 is 15.5 Å². The molecule has 1 aliphatic carbocycles. The molecule has 0 fully saturated rings. The summed E-state index contributed by atoms with van der Waals surface area (Å²) in [7, 11) is 0. The highest BCUT2D eigenvalue weighted by Gasteiger charge is 2.37. The van der Waals surface area contributed by atoms with Gasteiger partial charge in [0.15, 0.2) is 0 Å². The molecule has 0 aromatic heterocycles. The van der Waals surface area contributed by atoms with E-state index < -0.39 is 29.4 Å². The molecule has 18 heavy (non-hydrogen) atoms. The van der Waals surface area contributed by atoms with Crippen LogP contribution in [-0.4, -0.2) is 33.7 Å². The third kappa shape index (κ3) is 3.32. The molecule has 3 N–H and O–H groups in total. The molecule has 0 spiro atoms. The topological polar surface area (TPSA) is 86.6 Å². The Hall–Kier alpha value is -1.36. The van der Waals surface area contributed by atoms with E-state index in [-0.39, 0.29) is 5.91 Å². The Morgan fingerprint density at radius 1 is 1.28 bits per heavy atom. The Morgan fingerprint density at radius 2 is 1.78 bits per heavy atom. The summed E-state index contributed by atoms with van der Waals surface area (Å²) in [5.74, 6) is -2.50. The first-order valence-corrected chi connectivity index (χ1v) is 6.13. The van der Waals surface area contributed by atoms with Gasteiger partial charge in [0.25, 0.3) is 0 Å². The van der Waals surface area contributed by atoms with Gasteiger partial charge >= 0.3 is 5.97 Å². The normalized spacial score (nSPS) is 25.6. The number of aliphatic hydroxyl groups is 1. The van der Waals surface area contributed by atoms with Crippen LogP contribution in [0.25, 0.3) is 0 Å². The Balaban J connectivity index is 2.76. The molecule has 0 radical (unpaired) electrons. The molecule has 0 aliphatic heterocycles. The van der Waals surface area contributed by atoms with Crippen molar-refractivity contribution in [1.29, 1.82) is 0 Å². The minimum absolute atomic E-state index is 0.308. The monoisotopic (exact) mass is 255 g/mol. The first kappa shape index (κ1) is 14.7. The zero-order chi connectivity index (χ0) is 13.9. The molecule has 1 rings (SSSR count). The number of aliphatic carboxylic acids is 1. The number of carbonyl (C=O) groups excluding carboxylic acids is 1. The van der Waals surface area contributed by atoms with Crippen molar-refractivity contribution in [2.24, 2.45) is 11.8 Å². The predicted molar refractivity (Wildman–Crippen MR) is 66.9 cm³/mol. The van der Waals surface area contributed by atoms with Crippen molar-refractivity contribution in [1.82, 2.24) is 5.32 Å². The molecule has 0 aromatic carbocycles. The van der Waals surface area contributed by atoms with E-state index in [1.165, 1.54) is 0 Å². The van der Waals surface area contributed by atoms with E-state index in [4.69, 9.17) is 5.11 Å². The SMILES string of the molecule is CC(O)C(C)(C)NC(=O)C1CC=CCC1C(=O)O. The van der Waals surface area contributed by atoms with Crippen LogP contribution in [0, 0.1) is 11.8 Å². The fourth-order valence-corrected chi connectivity index (χ4v) is 1.89. The Labute approximate surface area is 107 Å². The maximum atomic E-state index is 12.1. The van der Waals surface area contributed by atoms with Gasteiger partial charge in [0, 0.05) is 0 Å². The first-order chi connectivity index (χ1) is 8.25. The van der Waals surface area contributed by atoms with E-state index in [1.807, 2.05) is 6.08 Å². The third-order valence-electron chi connectivity index (χ3n) is 3.58. The largest absolute Gasteiger partial charge is 0.481 e. The van der Waals surface area contributed by atoms with Gasteiger partial charge in [0.2, 0.25) is 5.91 Å². The molecule has 3 atom stereocenters. The van der Waals surface area contributed by atoms with Crippen molar-refractivity contribution >= 4 is 11.9 Å². The fraction of sp³-hybridized carbons (Fsp3) is 0.692. The molecule has 3 unspecified atom stereocenters. The Morgan fingerprint density at radius 3 is 2.22 bits per heavy atom. The van der Waals surface area contributed by atoms with Crippen molar-refractivity contribution < 1.29 is 19.8 Å². The quantitative estimate of drug-likeness (QED) is 0.652. The summed E-state index contributed by atoms with van der Waals surface area (Å²) in [5.41, 5.74) is -0.763. The van der Waals surface area contributed by atoms with Crippen LogP contribution in [-0.2, 0) is 9.59 Å². The molecule has 102 valence electrons. The van der Waals surface area contributed by atoms with Crippen LogP contribution < -0.4 is 5.32 Å². The second-order valence-corrected chi connectivity index (χ2v) is 5.38. The highest BCUT2D eigenvalue weighted by atomic mass is 16.4. The zero-order valence-electron chi connectivity index (χ0n) is 11.0. The van der Waals surface area contributed by atoms with E-state index in [9.17, 15) is 14.7 Å². The lowest BCUT2D eigenvalue weighted by Crippen LogP contribution is -2.54. The van der Waals surface area contributed by atoms with Crippen LogP contribution >= 0.6 is 0 Å². The number of carboxylic acid groups (broad SMARTS) is 1. The summed E-state index contributed by atoms with van der Waals surface area (Å²) in [6.45, 7) is 5.02. The maximum absolute atomic E-state index is 12.1. The molecule has 1 aliphatic rings. The van der Waals surface area contributed by atoms with E-state index in [1.54, 1.807) is 26.8 Å². The fourth-order valence-electron chi connectivity index (χ4n) is 1.89. The standard InChI is InChI=1S/C13H21NO4/c1-8(15)13(2,3)14-11(16)9-6-4-5-7-10(9)12(17)18/h4-5,8-10,15H,6-7H2,1-3H3,(H,14,16)(H,17,18). The molecule has 0 saturated heterocycles. The molecule has 0 heterocycles. The summed E-state index contributed by atoms with van der Waals surface area (Å²) in [6, 6.07) is 0. The smallest absolute Gasteiger partial charge is 0.307 e. The van der Waals surface area contributed by atoms with Crippen LogP contribution in [0.1, 0.15) is 33.6 Å². The molecule has 0 bridgehead atoms. The second kappa shape index (κ2) is 5.52. The van der Waals surface area contributed by atoms with Gasteiger partial charge in [0.05, 0.1) is 23.5 Å². The van der Waals surface area contributed by atoms with E-state index in [0.29, 0.717) is 12.8 Å².